The highest BCUT2D eigenvalue weighted by atomic mass is 32.2. The van der Waals surface area contributed by atoms with Gasteiger partial charge in [-0.3, -0.25) is 4.79 Å². The lowest BCUT2D eigenvalue weighted by Gasteiger charge is -2.09. The van der Waals surface area contributed by atoms with E-state index in [1.54, 1.807) is 0 Å². The molecule has 10 heteroatoms. The summed E-state index contributed by atoms with van der Waals surface area (Å²) >= 11 is 1.06. The van der Waals surface area contributed by atoms with Crippen molar-refractivity contribution >= 4 is 23.4 Å². The second-order valence-corrected chi connectivity index (χ2v) is 5.88. The number of halogens is 3. The first kappa shape index (κ1) is 18.1. The number of carbonyl (C=O) groups is 1. The fraction of sp³-hybridized carbons (Fsp3) is 0.357. The lowest BCUT2D eigenvalue weighted by molar-refractivity contribution is -0.137. The van der Waals surface area contributed by atoms with Crippen LogP contribution in [0.1, 0.15) is 24.7 Å². The number of nitrogen functional groups attached to an aromatic ring is 1. The highest BCUT2D eigenvalue weighted by molar-refractivity contribution is 7.99. The molecule has 1 aromatic heterocycles. The number of anilines is 1. The number of benzene rings is 1. The summed E-state index contributed by atoms with van der Waals surface area (Å²) in [5.74, 6) is 5.92. The smallest absolute Gasteiger partial charge is 0.336 e. The van der Waals surface area contributed by atoms with E-state index in [-0.39, 0.29) is 11.4 Å². The van der Waals surface area contributed by atoms with Crippen molar-refractivity contribution in [2.24, 2.45) is 0 Å². The molecular formula is C14H16F3N5OS. The minimum atomic E-state index is -4.46. The van der Waals surface area contributed by atoms with Gasteiger partial charge in [0, 0.05) is 12.1 Å². The number of carbonyl (C=O) groups excluding carboxylic acids is 1. The SMILES string of the molecule is CCCc1nnc(SCC(=O)Nc2cccc(C(F)(F)F)c2)n1N. The molecule has 3 N–H and O–H groups in total. The van der Waals surface area contributed by atoms with Gasteiger partial charge in [-0.15, -0.1) is 10.2 Å². The van der Waals surface area contributed by atoms with Gasteiger partial charge in [0.2, 0.25) is 11.1 Å². The molecule has 0 saturated carbocycles. The molecule has 0 radical (unpaired) electrons. The molecule has 0 saturated heterocycles. The van der Waals surface area contributed by atoms with E-state index in [1.807, 2.05) is 6.92 Å². The van der Waals surface area contributed by atoms with Gasteiger partial charge in [0.05, 0.1) is 11.3 Å². The maximum absolute atomic E-state index is 12.6. The number of thioether (sulfide) groups is 1. The molecule has 1 amide bonds. The third-order valence-corrected chi connectivity index (χ3v) is 3.96. The van der Waals surface area contributed by atoms with E-state index in [9.17, 15) is 18.0 Å². The summed E-state index contributed by atoms with van der Waals surface area (Å²) in [6.45, 7) is 1.98. The van der Waals surface area contributed by atoms with Gasteiger partial charge in [-0.1, -0.05) is 24.8 Å². The van der Waals surface area contributed by atoms with Gasteiger partial charge in [0.15, 0.2) is 5.82 Å². The van der Waals surface area contributed by atoms with E-state index in [1.165, 1.54) is 16.8 Å². The van der Waals surface area contributed by atoms with Crippen molar-refractivity contribution < 1.29 is 18.0 Å². The minimum absolute atomic E-state index is 0.0439. The van der Waals surface area contributed by atoms with Crippen molar-refractivity contribution in [1.29, 1.82) is 0 Å². The molecule has 0 spiro atoms. The molecule has 2 aromatic rings. The molecule has 0 aliphatic heterocycles. The molecule has 0 aliphatic carbocycles. The number of amides is 1. The van der Waals surface area contributed by atoms with Crippen LogP contribution in [0.3, 0.4) is 0 Å². The van der Waals surface area contributed by atoms with Crippen LogP contribution in [0.4, 0.5) is 18.9 Å². The number of nitrogens with two attached hydrogens (primary N) is 1. The maximum Gasteiger partial charge on any atom is 0.416 e. The van der Waals surface area contributed by atoms with Gasteiger partial charge in [0.1, 0.15) is 0 Å². The van der Waals surface area contributed by atoms with Crippen molar-refractivity contribution in [2.75, 3.05) is 16.9 Å². The molecule has 2 rings (SSSR count). The van der Waals surface area contributed by atoms with Crippen molar-refractivity contribution in [1.82, 2.24) is 14.9 Å². The Bertz CT molecular complexity index is 717. The first-order valence-electron chi connectivity index (χ1n) is 7.10. The van der Waals surface area contributed by atoms with E-state index in [0.29, 0.717) is 17.4 Å². The molecule has 0 atom stereocenters. The minimum Gasteiger partial charge on any atom is -0.336 e. The van der Waals surface area contributed by atoms with E-state index in [2.05, 4.69) is 15.5 Å². The van der Waals surface area contributed by atoms with Gasteiger partial charge in [0.25, 0.3) is 0 Å². The van der Waals surface area contributed by atoms with Gasteiger partial charge in [-0.2, -0.15) is 13.2 Å². The molecule has 0 aliphatic rings. The topological polar surface area (TPSA) is 85.8 Å². The predicted octanol–water partition coefficient (Wildman–Crippen LogP) is 2.69. The van der Waals surface area contributed by atoms with Crippen molar-refractivity contribution in [3.63, 3.8) is 0 Å². The van der Waals surface area contributed by atoms with Gasteiger partial charge in [-0.05, 0) is 24.6 Å². The van der Waals surface area contributed by atoms with Crippen molar-refractivity contribution in [3.05, 3.63) is 35.7 Å². The fourth-order valence-electron chi connectivity index (χ4n) is 1.90. The van der Waals surface area contributed by atoms with Crippen LogP contribution in [0, 0.1) is 0 Å². The van der Waals surface area contributed by atoms with E-state index in [4.69, 9.17) is 5.84 Å². The molecule has 24 heavy (non-hydrogen) atoms. The Hall–Kier alpha value is -2.23. The van der Waals surface area contributed by atoms with Gasteiger partial charge < -0.3 is 11.2 Å². The van der Waals surface area contributed by atoms with E-state index < -0.39 is 17.6 Å². The summed E-state index contributed by atoms with van der Waals surface area (Å²) in [5.41, 5.74) is -0.741. The van der Waals surface area contributed by atoms with Crippen LogP contribution < -0.4 is 11.2 Å². The summed E-state index contributed by atoms with van der Waals surface area (Å²) in [7, 11) is 0. The second-order valence-electron chi connectivity index (χ2n) is 4.93. The number of aryl methyl sites for hydroxylation is 1. The predicted molar refractivity (Wildman–Crippen MR) is 85.0 cm³/mol. The average Bonchev–Trinajstić information content (AvgIpc) is 2.86. The first-order chi connectivity index (χ1) is 11.3. The quantitative estimate of drug-likeness (QED) is 0.612. The van der Waals surface area contributed by atoms with Crippen LogP contribution in [-0.4, -0.2) is 26.5 Å². The Morgan fingerprint density at radius 1 is 1.38 bits per heavy atom. The number of aromatic nitrogens is 3. The average molecular weight is 359 g/mol. The lowest BCUT2D eigenvalue weighted by atomic mass is 10.2. The van der Waals surface area contributed by atoms with E-state index >= 15 is 0 Å². The molecule has 0 fully saturated rings. The van der Waals surface area contributed by atoms with Crippen LogP contribution in [0.25, 0.3) is 0 Å². The number of nitrogens with zero attached hydrogens (tertiary/aromatic N) is 3. The van der Waals surface area contributed by atoms with Crippen molar-refractivity contribution in [3.8, 4) is 0 Å². The number of rotatable bonds is 6. The molecule has 0 unspecified atom stereocenters. The zero-order valence-corrected chi connectivity index (χ0v) is 13.6. The molecule has 0 bridgehead atoms. The van der Waals surface area contributed by atoms with Crippen LogP contribution in [0.2, 0.25) is 0 Å². The van der Waals surface area contributed by atoms with Crippen molar-refractivity contribution in [2.45, 2.75) is 31.1 Å². The molecule has 130 valence electrons. The molecular weight excluding hydrogens is 343 g/mol. The second kappa shape index (κ2) is 7.56. The number of hydrogen-bond donors (Lipinski definition) is 2. The van der Waals surface area contributed by atoms with Gasteiger partial charge >= 0.3 is 6.18 Å². The Labute approximate surface area is 140 Å². The summed E-state index contributed by atoms with van der Waals surface area (Å²) in [6.07, 6.45) is -2.93. The number of nitrogens with one attached hydrogen (secondary N) is 1. The van der Waals surface area contributed by atoms with Crippen LogP contribution in [0.5, 0.6) is 0 Å². The van der Waals surface area contributed by atoms with E-state index in [0.717, 1.165) is 30.3 Å². The Kier molecular flexibility index (Phi) is 5.71. The van der Waals surface area contributed by atoms with Crippen LogP contribution in [0.15, 0.2) is 29.4 Å². The Morgan fingerprint density at radius 3 is 2.79 bits per heavy atom. The molecule has 6 nitrogen and oxygen atoms in total. The van der Waals surface area contributed by atoms with Gasteiger partial charge in [-0.25, -0.2) is 4.68 Å². The third-order valence-electron chi connectivity index (χ3n) is 3.01. The largest absolute Gasteiger partial charge is 0.416 e. The third kappa shape index (κ3) is 4.63. The maximum atomic E-state index is 12.6. The zero-order chi connectivity index (χ0) is 17.7. The Balaban J connectivity index is 1.94. The number of hydrogen-bond acceptors (Lipinski definition) is 5. The summed E-state index contributed by atoms with van der Waals surface area (Å²) < 4.78 is 39.2. The summed E-state index contributed by atoms with van der Waals surface area (Å²) in [6, 6.07) is 4.45. The first-order valence-corrected chi connectivity index (χ1v) is 8.09. The Morgan fingerprint density at radius 2 is 2.12 bits per heavy atom. The summed E-state index contributed by atoms with van der Waals surface area (Å²) in [4.78, 5) is 11.9. The number of alkyl halides is 3. The highest BCUT2D eigenvalue weighted by Crippen LogP contribution is 2.30. The zero-order valence-electron chi connectivity index (χ0n) is 12.8. The fourth-order valence-corrected chi connectivity index (χ4v) is 2.58. The molecule has 1 aromatic carbocycles. The molecule has 1 heterocycles. The van der Waals surface area contributed by atoms with Crippen LogP contribution in [-0.2, 0) is 17.4 Å². The summed E-state index contributed by atoms with van der Waals surface area (Å²) in [5, 5.41) is 10.6. The van der Waals surface area contributed by atoms with Crippen LogP contribution >= 0.6 is 11.8 Å². The lowest BCUT2D eigenvalue weighted by Crippen LogP contribution is -2.17. The highest BCUT2D eigenvalue weighted by Gasteiger charge is 2.30. The normalized spacial score (nSPS) is 11.5. The standard InChI is InChI=1S/C14H16F3N5OS/c1-2-4-11-20-21-13(22(11)18)24-8-12(23)19-10-6-3-5-9(7-10)14(15,16)17/h3,5-7H,2,4,8,18H2,1H3,(H,19,23). The monoisotopic (exact) mass is 359 g/mol.